The molecule has 88 valence electrons. The van der Waals surface area contributed by atoms with E-state index in [1.807, 2.05) is 19.1 Å². The molecule has 1 saturated heterocycles. The molecule has 0 aromatic carbocycles. The summed E-state index contributed by atoms with van der Waals surface area (Å²) in [6, 6.07) is 3.84. The molecular formula is C12H20N4. The monoisotopic (exact) mass is 220 g/mol. The Morgan fingerprint density at radius 2 is 2.12 bits per heavy atom. The minimum Gasteiger partial charge on any atom is -0.397 e. The van der Waals surface area contributed by atoms with Crippen molar-refractivity contribution >= 4 is 11.5 Å². The molecule has 0 unspecified atom stereocenters. The molecule has 1 aliphatic heterocycles. The highest BCUT2D eigenvalue weighted by molar-refractivity contribution is 5.48. The molecule has 1 aromatic heterocycles. The van der Waals surface area contributed by atoms with Crippen molar-refractivity contribution in [2.24, 2.45) is 0 Å². The average Bonchev–Trinajstić information content (AvgIpc) is 2.76. The minimum absolute atomic E-state index is 0.755. The van der Waals surface area contributed by atoms with Crippen molar-refractivity contribution < 1.29 is 0 Å². The molecule has 0 saturated carbocycles. The summed E-state index contributed by atoms with van der Waals surface area (Å²) in [5.74, 6) is 0.922. The van der Waals surface area contributed by atoms with Gasteiger partial charge in [-0.25, -0.2) is 4.98 Å². The van der Waals surface area contributed by atoms with Crippen LogP contribution in [0.4, 0.5) is 11.5 Å². The van der Waals surface area contributed by atoms with E-state index in [2.05, 4.69) is 15.2 Å². The fraction of sp³-hybridized carbons (Fsp3) is 0.583. The van der Waals surface area contributed by atoms with Gasteiger partial charge in [0.2, 0.25) is 0 Å². The third-order valence-corrected chi connectivity index (χ3v) is 3.06. The van der Waals surface area contributed by atoms with Gasteiger partial charge in [0.25, 0.3) is 0 Å². The number of nitrogen functional groups attached to an aromatic ring is 1. The number of aryl methyl sites for hydroxylation is 1. The fourth-order valence-electron chi connectivity index (χ4n) is 2.02. The summed E-state index contributed by atoms with van der Waals surface area (Å²) < 4.78 is 0. The third kappa shape index (κ3) is 2.85. The van der Waals surface area contributed by atoms with E-state index < -0.39 is 0 Å². The number of hydrogen-bond donors (Lipinski definition) is 2. The van der Waals surface area contributed by atoms with Gasteiger partial charge in [0, 0.05) is 13.1 Å². The zero-order valence-corrected chi connectivity index (χ0v) is 9.87. The highest BCUT2D eigenvalue weighted by Crippen LogP contribution is 2.12. The number of pyridine rings is 1. The Morgan fingerprint density at radius 1 is 1.38 bits per heavy atom. The molecular weight excluding hydrogens is 200 g/mol. The van der Waals surface area contributed by atoms with Crippen LogP contribution in [0.2, 0.25) is 0 Å². The topological polar surface area (TPSA) is 54.2 Å². The Labute approximate surface area is 96.8 Å². The zero-order chi connectivity index (χ0) is 11.4. The van der Waals surface area contributed by atoms with E-state index in [4.69, 9.17) is 5.73 Å². The SMILES string of the molecule is Cc1nc(NCCN2CCCC2)ccc1N. The largest absolute Gasteiger partial charge is 0.397 e. The van der Waals surface area contributed by atoms with E-state index in [0.717, 1.165) is 30.3 Å². The third-order valence-electron chi connectivity index (χ3n) is 3.06. The maximum atomic E-state index is 5.72. The molecule has 0 amide bonds. The smallest absolute Gasteiger partial charge is 0.126 e. The first-order chi connectivity index (χ1) is 7.75. The predicted molar refractivity (Wildman–Crippen MR) is 67.6 cm³/mol. The van der Waals surface area contributed by atoms with Crippen molar-refractivity contribution in [3.8, 4) is 0 Å². The van der Waals surface area contributed by atoms with Crippen LogP contribution in [0.3, 0.4) is 0 Å². The van der Waals surface area contributed by atoms with Crippen LogP contribution >= 0.6 is 0 Å². The van der Waals surface area contributed by atoms with E-state index in [1.54, 1.807) is 0 Å². The maximum Gasteiger partial charge on any atom is 0.126 e. The van der Waals surface area contributed by atoms with Crippen LogP contribution in [-0.2, 0) is 0 Å². The molecule has 0 atom stereocenters. The normalized spacial score (nSPS) is 16.6. The van der Waals surface area contributed by atoms with Crippen LogP contribution in [0, 0.1) is 6.92 Å². The van der Waals surface area contributed by atoms with E-state index in [9.17, 15) is 0 Å². The number of rotatable bonds is 4. The standard InChI is InChI=1S/C12H20N4/c1-10-11(13)4-5-12(15-10)14-6-9-16-7-2-3-8-16/h4-5H,2-3,6-9,13H2,1H3,(H,14,15). The highest BCUT2D eigenvalue weighted by atomic mass is 15.2. The van der Waals surface area contributed by atoms with Crippen LogP contribution in [0.1, 0.15) is 18.5 Å². The summed E-state index contributed by atoms with van der Waals surface area (Å²) in [6.45, 7) is 6.48. The summed E-state index contributed by atoms with van der Waals surface area (Å²) in [6.07, 6.45) is 2.69. The summed E-state index contributed by atoms with van der Waals surface area (Å²) in [4.78, 5) is 6.87. The summed E-state index contributed by atoms with van der Waals surface area (Å²) in [7, 11) is 0. The zero-order valence-electron chi connectivity index (χ0n) is 9.87. The second kappa shape index (κ2) is 5.16. The van der Waals surface area contributed by atoms with E-state index >= 15 is 0 Å². The van der Waals surface area contributed by atoms with Crippen LogP contribution in [0.15, 0.2) is 12.1 Å². The summed E-state index contributed by atoms with van der Waals surface area (Å²) in [5, 5.41) is 3.33. The highest BCUT2D eigenvalue weighted by Gasteiger charge is 2.10. The molecule has 0 bridgehead atoms. The summed E-state index contributed by atoms with van der Waals surface area (Å²) >= 11 is 0. The molecule has 1 fully saturated rings. The molecule has 1 aliphatic rings. The van der Waals surface area contributed by atoms with Gasteiger partial charge in [-0.1, -0.05) is 0 Å². The van der Waals surface area contributed by atoms with Crippen molar-refractivity contribution in [3.05, 3.63) is 17.8 Å². The molecule has 1 aromatic rings. The Bertz CT molecular complexity index is 345. The Kier molecular flexibility index (Phi) is 3.62. The maximum absolute atomic E-state index is 5.72. The van der Waals surface area contributed by atoms with Crippen LogP contribution in [0.25, 0.3) is 0 Å². The van der Waals surface area contributed by atoms with Crippen molar-refractivity contribution in [1.29, 1.82) is 0 Å². The van der Waals surface area contributed by atoms with E-state index in [1.165, 1.54) is 25.9 Å². The molecule has 4 heteroatoms. The van der Waals surface area contributed by atoms with Gasteiger partial charge < -0.3 is 16.0 Å². The first kappa shape index (κ1) is 11.2. The molecule has 0 spiro atoms. The Balaban J connectivity index is 1.78. The second-order valence-electron chi connectivity index (χ2n) is 4.35. The minimum atomic E-state index is 0.755. The van der Waals surface area contributed by atoms with Crippen molar-refractivity contribution in [2.45, 2.75) is 19.8 Å². The number of anilines is 2. The lowest BCUT2D eigenvalue weighted by molar-refractivity contribution is 0.352. The number of nitrogens with zero attached hydrogens (tertiary/aromatic N) is 2. The summed E-state index contributed by atoms with van der Waals surface area (Å²) in [5.41, 5.74) is 7.37. The Morgan fingerprint density at radius 3 is 2.81 bits per heavy atom. The molecule has 16 heavy (non-hydrogen) atoms. The molecule has 3 N–H and O–H groups in total. The number of nitrogens with two attached hydrogens (primary N) is 1. The molecule has 4 nitrogen and oxygen atoms in total. The lowest BCUT2D eigenvalue weighted by atomic mass is 10.3. The lowest BCUT2D eigenvalue weighted by Gasteiger charge is -2.15. The first-order valence-corrected chi connectivity index (χ1v) is 5.95. The quantitative estimate of drug-likeness (QED) is 0.807. The average molecular weight is 220 g/mol. The molecule has 0 aliphatic carbocycles. The van der Waals surface area contributed by atoms with Gasteiger partial charge in [0.15, 0.2) is 0 Å². The number of aromatic nitrogens is 1. The number of likely N-dealkylation sites (tertiary alicyclic amines) is 1. The first-order valence-electron chi connectivity index (χ1n) is 5.95. The second-order valence-corrected chi connectivity index (χ2v) is 4.35. The van der Waals surface area contributed by atoms with Crippen molar-refractivity contribution in [2.75, 3.05) is 37.2 Å². The van der Waals surface area contributed by atoms with E-state index in [-0.39, 0.29) is 0 Å². The van der Waals surface area contributed by atoms with Crippen LogP contribution < -0.4 is 11.1 Å². The predicted octanol–water partition coefficient (Wildman–Crippen LogP) is 1.48. The van der Waals surface area contributed by atoms with Gasteiger partial charge >= 0.3 is 0 Å². The molecule has 0 radical (unpaired) electrons. The Hall–Kier alpha value is -1.29. The van der Waals surface area contributed by atoms with Crippen LogP contribution in [0.5, 0.6) is 0 Å². The van der Waals surface area contributed by atoms with Crippen molar-refractivity contribution in [3.63, 3.8) is 0 Å². The van der Waals surface area contributed by atoms with Gasteiger partial charge in [0.1, 0.15) is 5.82 Å². The van der Waals surface area contributed by atoms with Crippen LogP contribution in [-0.4, -0.2) is 36.1 Å². The van der Waals surface area contributed by atoms with E-state index in [0.29, 0.717) is 0 Å². The van der Waals surface area contributed by atoms with Gasteiger partial charge in [0.05, 0.1) is 11.4 Å². The van der Waals surface area contributed by atoms with Gasteiger partial charge in [-0.05, 0) is 45.0 Å². The number of hydrogen-bond acceptors (Lipinski definition) is 4. The van der Waals surface area contributed by atoms with Gasteiger partial charge in [-0.3, -0.25) is 0 Å². The molecule has 2 heterocycles. The molecule has 2 rings (SSSR count). The van der Waals surface area contributed by atoms with Crippen molar-refractivity contribution in [1.82, 2.24) is 9.88 Å². The van der Waals surface area contributed by atoms with Gasteiger partial charge in [-0.2, -0.15) is 0 Å². The lowest BCUT2D eigenvalue weighted by Crippen LogP contribution is -2.26. The van der Waals surface area contributed by atoms with Gasteiger partial charge in [-0.15, -0.1) is 0 Å². The fourth-order valence-corrected chi connectivity index (χ4v) is 2.02. The number of nitrogens with one attached hydrogen (secondary N) is 1.